The van der Waals surface area contributed by atoms with E-state index in [1.165, 1.54) is 22.9 Å². The molecular formula is C11H16BrNS. The zero-order valence-corrected chi connectivity index (χ0v) is 10.8. The van der Waals surface area contributed by atoms with Gasteiger partial charge >= 0.3 is 0 Å². The number of hydrogen-bond acceptors (Lipinski definition) is 2. The summed E-state index contributed by atoms with van der Waals surface area (Å²) in [6.45, 7) is 2.31. The summed E-state index contributed by atoms with van der Waals surface area (Å²) in [6.07, 6.45) is 4.86. The van der Waals surface area contributed by atoms with Gasteiger partial charge in [-0.05, 0) is 45.6 Å². The van der Waals surface area contributed by atoms with Crippen LogP contribution < -0.4 is 5.73 Å². The lowest BCUT2D eigenvalue weighted by Gasteiger charge is -2.36. The van der Waals surface area contributed by atoms with E-state index in [1.54, 1.807) is 11.3 Å². The highest BCUT2D eigenvalue weighted by molar-refractivity contribution is 9.10. The highest BCUT2D eigenvalue weighted by Crippen LogP contribution is 2.41. The maximum atomic E-state index is 6.49. The minimum Gasteiger partial charge on any atom is -0.321 e. The van der Waals surface area contributed by atoms with Gasteiger partial charge in [-0.2, -0.15) is 11.3 Å². The first-order chi connectivity index (χ1) is 6.62. The van der Waals surface area contributed by atoms with Crippen LogP contribution in [0.5, 0.6) is 0 Å². The van der Waals surface area contributed by atoms with Crippen LogP contribution in [0.3, 0.4) is 0 Å². The lowest BCUT2D eigenvalue weighted by molar-refractivity contribution is 0.239. The Kier molecular flexibility index (Phi) is 3.01. The van der Waals surface area contributed by atoms with Gasteiger partial charge in [-0.25, -0.2) is 0 Å². The zero-order chi connectivity index (χ0) is 10.2. The molecule has 78 valence electrons. The fourth-order valence-electron chi connectivity index (χ4n) is 2.47. The molecule has 0 bridgehead atoms. The smallest absolute Gasteiger partial charge is 0.0431 e. The van der Waals surface area contributed by atoms with E-state index in [0.717, 1.165) is 18.8 Å². The van der Waals surface area contributed by atoms with Crippen LogP contribution in [0.15, 0.2) is 15.2 Å². The molecule has 2 rings (SSSR count). The van der Waals surface area contributed by atoms with E-state index in [-0.39, 0.29) is 5.54 Å². The predicted molar refractivity (Wildman–Crippen MR) is 65.5 cm³/mol. The Bertz CT molecular complexity index is 323. The molecule has 0 spiro atoms. The molecule has 1 aliphatic carbocycles. The van der Waals surface area contributed by atoms with Crippen molar-refractivity contribution in [3.05, 3.63) is 20.8 Å². The summed E-state index contributed by atoms with van der Waals surface area (Å²) >= 11 is 5.32. The predicted octanol–water partition coefficient (Wildman–Crippen LogP) is 3.87. The van der Waals surface area contributed by atoms with Crippen molar-refractivity contribution in [2.45, 2.75) is 38.1 Å². The first-order valence-electron chi connectivity index (χ1n) is 5.13. The third-order valence-corrected chi connectivity index (χ3v) is 4.89. The van der Waals surface area contributed by atoms with Crippen molar-refractivity contribution in [2.75, 3.05) is 0 Å². The lowest BCUT2D eigenvalue weighted by Crippen LogP contribution is -2.40. The molecule has 2 unspecified atom stereocenters. The van der Waals surface area contributed by atoms with E-state index < -0.39 is 0 Å². The third-order valence-electron chi connectivity index (χ3n) is 3.18. The summed E-state index contributed by atoms with van der Waals surface area (Å²) in [5, 5.41) is 4.32. The minimum atomic E-state index is -0.0729. The molecular weight excluding hydrogens is 258 g/mol. The molecule has 2 atom stereocenters. The van der Waals surface area contributed by atoms with E-state index in [9.17, 15) is 0 Å². The first kappa shape index (κ1) is 10.7. The maximum absolute atomic E-state index is 6.49. The summed E-state index contributed by atoms with van der Waals surface area (Å²) in [5.74, 6) is 0.764. The van der Waals surface area contributed by atoms with Gasteiger partial charge in [-0.15, -0.1) is 0 Å². The van der Waals surface area contributed by atoms with Crippen LogP contribution in [-0.4, -0.2) is 0 Å². The van der Waals surface area contributed by atoms with Gasteiger partial charge in [0.2, 0.25) is 0 Å². The van der Waals surface area contributed by atoms with Gasteiger partial charge in [0, 0.05) is 15.4 Å². The maximum Gasteiger partial charge on any atom is 0.0431 e. The molecule has 0 saturated heterocycles. The topological polar surface area (TPSA) is 26.0 Å². The molecule has 3 heteroatoms. The van der Waals surface area contributed by atoms with Gasteiger partial charge < -0.3 is 5.73 Å². The van der Waals surface area contributed by atoms with Crippen LogP contribution in [0.4, 0.5) is 0 Å². The van der Waals surface area contributed by atoms with Crippen LogP contribution in [0, 0.1) is 5.92 Å². The van der Waals surface area contributed by atoms with Gasteiger partial charge in [-0.1, -0.05) is 19.8 Å². The summed E-state index contributed by atoms with van der Waals surface area (Å²) in [5.41, 5.74) is 7.73. The Labute approximate surface area is 97.8 Å². The molecule has 1 nitrogen and oxygen atoms in total. The lowest BCUT2D eigenvalue weighted by atomic mass is 9.74. The van der Waals surface area contributed by atoms with Crippen molar-refractivity contribution >= 4 is 27.3 Å². The molecule has 1 aliphatic rings. The number of hydrogen-bond donors (Lipinski definition) is 1. The number of thiophene rings is 1. The highest BCUT2D eigenvalue weighted by atomic mass is 79.9. The summed E-state index contributed by atoms with van der Waals surface area (Å²) in [6, 6.07) is 0. The van der Waals surface area contributed by atoms with Gasteiger partial charge in [0.15, 0.2) is 0 Å². The zero-order valence-electron chi connectivity index (χ0n) is 8.42. The molecule has 0 radical (unpaired) electrons. The van der Waals surface area contributed by atoms with Gasteiger partial charge in [0.25, 0.3) is 0 Å². The van der Waals surface area contributed by atoms with Crippen molar-refractivity contribution < 1.29 is 0 Å². The second-order valence-corrected chi connectivity index (χ2v) is 6.09. The van der Waals surface area contributed by atoms with Crippen molar-refractivity contribution in [1.29, 1.82) is 0 Å². The van der Waals surface area contributed by atoms with Crippen LogP contribution in [0.2, 0.25) is 0 Å². The second-order valence-electron chi connectivity index (χ2n) is 4.49. The van der Waals surface area contributed by atoms with E-state index in [2.05, 4.69) is 33.6 Å². The molecule has 0 amide bonds. The molecule has 0 aliphatic heterocycles. The van der Waals surface area contributed by atoms with Crippen LogP contribution in [-0.2, 0) is 5.54 Å². The Morgan fingerprint density at radius 3 is 2.93 bits per heavy atom. The van der Waals surface area contributed by atoms with Crippen molar-refractivity contribution in [3.8, 4) is 0 Å². The van der Waals surface area contributed by atoms with E-state index in [0.29, 0.717) is 0 Å². The quantitative estimate of drug-likeness (QED) is 0.826. The fraction of sp³-hybridized carbons (Fsp3) is 0.636. The molecule has 1 aromatic rings. The van der Waals surface area contributed by atoms with E-state index in [1.807, 2.05) is 0 Å². The van der Waals surface area contributed by atoms with Crippen LogP contribution in [0.25, 0.3) is 0 Å². The average Bonchev–Trinajstić information content (AvgIpc) is 2.51. The van der Waals surface area contributed by atoms with Crippen molar-refractivity contribution in [3.63, 3.8) is 0 Å². The van der Waals surface area contributed by atoms with E-state index in [4.69, 9.17) is 5.73 Å². The molecule has 1 fully saturated rings. The average molecular weight is 274 g/mol. The van der Waals surface area contributed by atoms with Crippen molar-refractivity contribution in [2.24, 2.45) is 11.7 Å². The minimum absolute atomic E-state index is 0.0729. The van der Waals surface area contributed by atoms with Crippen LogP contribution in [0.1, 0.15) is 38.2 Å². The van der Waals surface area contributed by atoms with Gasteiger partial charge in [0.05, 0.1) is 0 Å². The normalized spacial score (nSPS) is 33.2. The molecule has 14 heavy (non-hydrogen) atoms. The highest BCUT2D eigenvalue weighted by Gasteiger charge is 2.34. The summed E-state index contributed by atoms with van der Waals surface area (Å²) < 4.78 is 1.19. The Morgan fingerprint density at radius 2 is 2.36 bits per heavy atom. The monoisotopic (exact) mass is 273 g/mol. The number of halogens is 1. The largest absolute Gasteiger partial charge is 0.321 e. The Balaban J connectivity index is 2.27. The summed E-state index contributed by atoms with van der Waals surface area (Å²) in [4.78, 5) is 0. The third kappa shape index (κ3) is 1.90. The fourth-order valence-corrected chi connectivity index (χ4v) is 4.27. The van der Waals surface area contributed by atoms with Crippen molar-refractivity contribution in [1.82, 2.24) is 0 Å². The van der Waals surface area contributed by atoms with Crippen LogP contribution >= 0.6 is 27.3 Å². The molecule has 1 heterocycles. The van der Waals surface area contributed by atoms with Gasteiger partial charge in [0.1, 0.15) is 0 Å². The number of rotatable bonds is 1. The molecule has 1 saturated carbocycles. The van der Waals surface area contributed by atoms with Gasteiger partial charge in [-0.3, -0.25) is 0 Å². The first-order valence-corrected chi connectivity index (χ1v) is 6.86. The second kappa shape index (κ2) is 3.95. The Hall–Kier alpha value is 0.140. The standard InChI is InChI=1S/C11H16BrNS/c1-8-3-2-4-11(13,5-8)9-6-14-7-10(9)12/h6-8H,2-5,13H2,1H3. The van der Waals surface area contributed by atoms with E-state index >= 15 is 0 Å². The SMILES string of the molecule is CC1CCCC(N)(c2cscc2Br)C1. The molecule has 1 aromatic heterocycles. The number of nitrogens with two attached hydrogens (primary N) is 1. The molecule has 2 N–H and O–H groups in total. The summed E-state index contributed by atoms with van der Waals surface area (Å²) in [7, 11) is 0. The molecule has 0 aromatic carbocycles. The Morgan fingerprint density at radius 1 is 1.57 bits per heavy atom.